The minimum atomic E-state index is -0.855. The molecule has 0 aromatic heterocycles. The number of hydrogen-bond donors (Lipinski definition) is 1. The summed E-state index contributed by atoms with van der Waals surface area (Å²) in [6.07, 6.45) is 4.59. The van der Waals surface area contributed by atoms with Crippen LogP contribution in [0.3, 0.4) is 0 Å². The number of hydrogen-bond acceptors (Lipinski definition) is 5. The van der Waals surface area contributed by atoms with Crippen LogP contribution < -0.4 is 14.8 Å². The summed E-state index contributed by atoms with van der Waals surface area (Å²) in [5, 5.41) is 2.95. The number of carbonyl (C=O) groups excluding carboxylic acids is 2. The van der Waals surface area contributed by atoms with Gasteiger partial charge in [-0.3, -0.25) is 4.79 Å². The predicted molar refractivity (Wildman–Crippen MR) is 89.4 cm³/mol. The first-order valence-corrected chi connectivity index (χ1v) is 8.28. The highest BCUT2D eigenvalue weighted by atomic mass is 16.5. The Balaban J connectivity index is 1.96. The van der Waals surface area contributed by atoms with Crippen molar-refractivity contribution in [3.63, 3.8) is 0 Å². The van der Waals surface area contributed by atoms with E-state index in [1.54, 1.807) is 25.1 Å². The monoisotopic (exact) mass is 335 g/mol. The zero-order chi connectivity index (χ0) is 17.5. The Bertz CT molecular complexity index is 581. The van der Waals surface area contributed by atoms with Gasteiger partial charge in [0.15, 0.2) is 6.10 Å². The zero-order valence-corrected chi connectivity index (χ0v) is 14.5. The van der Waals surface area contributed by atoms with Gasteiger partial charge in [-0.25, -0.2) is 4.79 Å². The lowest BCUT2D eigenvalue weighted by Crippen LogP contribution is -2.42. The van der Waals surface area contributed by atoms with Crippen molar-refractivity contribution in [3.8, 4) is 11.5 Å². The Labute approximate surface area is 142 Å². The molecule has 1 fully saturated rings. The molecule has 0 aliphatic heterocycles. The molecule has 132 valence electrons. The topological polar surface area (TPSA) is 73.9 Å². The lowest BCUT2D eigenvalue weighted by atomic mass is 9.95. The van der Waals surface area contributed by atoms with Gasteiger partial charge in [-0.15, -0.1) is 0 Å². The van der Waals surface area contributed by atoms with Crippen LogP contribution >= 0.6 is 0 Å². The van der Waals surface area contributed by atoms with Gasteiger partial charge < -0.3 is 19.5 Å². The largest absolute Gasteiger partial charge is 0.497 e. The molecule has 0 spiro atoms. The number of carbonyl (C=O) groups is 2. The second kappa shape index (κ2) is 8.57. The fraction of sp³-hybridized carbons (Fsp3) is 0.556. The first-order valence-electron chi connectivity index (χ1n) is 8.28. The second-order valence-electron chi connectivity index (χ2n) is 5.96. The number of methoxy groups -OCH3 is 2. The van der Waals surface area contributed by atoms with Gasteiger partial charge in [0, 0.05) is 12.1 Å². The fourth-order valence-corrected chi connectivity index (χ4v) is 2.81. The molecule has 1 aromatic rings. The Morgan fingerprint density at radius 2 is 1.83 bits per heavy atom. The van der Waals surface area contributed by atoms with Crippen LogP contribution in [0.25, 0.3) is 0 Å². The number of ether oxygens (including phenoxy) is 3. The lowest BCUT2D eigenvalue weighted by molar-refractivity contribution is -0.130. The van der Waals surface area contributed by atoms with Gasteiger partial charge in [-0.2, -0.15) is 0 Å². The third-order valence-electron chi connectivity index (χ3n) is 4.23. The average molecular weight is 335 g/mol. The van der Waals surface area contributed by atoms with Crippen LogP contribution in [0.4, 0.5) is 0 Å². The molecule has 1 atom stereocenters. The van der Waals surface area contributed by atoms with Crippen molar-refractivity contribution in [2.24, 2.45) is 0 Å². The normalized spacial score (nSPS) is 16.1. The summed E-state index contributed by atoms with van der Waals surface area (Å²) in [4.78, 5) is 24.5. The highest BCUT2D eigenvalue weighted by Crippen LogP contribution is 2.25. The van der Waals surface area contributed by atoms with Crippen molar-refractivity contribution in [1.29, 1.82) is 0 Å². The Morgan fingerprint density at radius 1 is 1.12 bits per heavy atom. The molecule has 0 saturated heterocycles. The van der Waals surface area contributed by atoms with Crippen LogP contribution in [0.2, 0.25) is 0 Å². The second-order valence-corrected chi connectivity index (χ2v) is 5.96. The molecule has 1 aromatic carbocycles. The molecule has 0 radical (unpaired) electrons. The Kier molecular flexibility index (Phi) is 6.46. The summed E-state index contributed by atoms with van der Waals surface area (Å²) in [6, 6.07) is 4.99. The standard InChI is InChI=1S/C18H25NO5/c1-12(17(20)19-13-7-5-4-6-8-13)24-18(21)15-10-9-14(22-2)11-16(15)23-3/h9-13H,4-8H2,1-3H3,(H,19,20)/t12-/m0/s1. The van der Waals surface area contributed by atoms with E-state index in [1.165, 1.54) is 20.6 Å². The maximum atomic E-state index is 12.3. The maximum absolute atomic E-state index is 12.3. The molecule has 1 N–H and O–H groups in total. The molecule has 1 saturated carbocycles. The molecule has 2 rings (SSSR count). The van der Waals surface area contributed by atoms with Crippen molar-refractivity contribution in [2.45, 2.75) is 51.2 Å². The van der Waals surface area contributed by atoms with E-state index in [0.717, 1.165) is 25.7 Å². The molecule has 0 heterocycles. The van der Waals surface area contributed by atoms with Crippen molar-refractivity contribution in [2.75, 3.05) is 14.2 Å². The molecular weight excluding hydrogens is 310 g/mol. The van der Waals surface area contributed by atoms with Gasteiger partial charge >= 0.3 is 5.97 Å². The fourth-order valence-electron chi connectivity index (χ4n) is 2.81. The van der Waals surface area contributed by atoms with Gasteiger partial charge in [-0.1, -0.05) is 19.3 Å². The predicted octanol–water partition coefficient (Wildman–Crippen LogP) is 2.70. The number of esters is 1. The summed E-state index contributed by atoms with van der Waals surface area (Å²) >= 11 is 0. The molecule has 24 heavy (non-hydrogen) atoms. The lowest BCUT2D eigenvalue weighted by Gasteiger charge is -2.24. The summed E-state index contributed by atoms with van der Waals surface area (Å²) in [6.45, 7) is 1.58. The van der Waals surface area contributed by atoms with E-state index in [-0.39, 0.29) is 17.5 Å². The number of rotatable bonds is 6. The highest BCUT2D eigenvalue weighted by molar-refractivity contribution is 5.94. The minimum absolute atomic E-state index is 0.183. The van der Waals surface area contributed by atoms with Crippen molar-refractivity contribution in [3.05, 3.63) is 23.8 Å². The first-order chi connectivity index (χ1) is 11.5. The van der Waals surface area contributed by atoms with Gasteiger partial charge in [0.25, 0.3) is 5.91 Å². The average Bonchev–Trinajstić information content (AvgIpc) is 2.61. The van der Waals surface area contributed by atoms with E-state index < -0.39 is 12.1 Å². The van der Waals surface area contributed by atoms with Crippen LogP contribution in [-0.2, 0) is 9.53 Å². The maximum Gasteiger partial charge on any atom is 0.342 e. The summed E-state index contributed by atoms with van der Waals surface area (Å²) in [5.41, 5.74) is 0.260. The third kappa shape index (κ3) is 4.63. The summed E-state index contributed by atoms with van der Waals surface area (Å²) in [7, 11) is 3.00. The van der Waals surface area contributed by atoms with Crippen molar-refractivity contribution in [1.82, 2.24) is 5.32 Å². The van der Waals surface area contributed by atoms with E-state index >= 15 is 0 Å². The van der Waals surface area contributed by atoms with Gasteiger partial charge in [0.1, 0.15) is 17.1 Å². The van der Waals surface area contributed by atoms with Crippen LogP contribution in [0.1, 0.15) is 49.4 Å². The molecule has 6 heteroatoms. The van der Waals surface area contributed by atoms with Crippen LogP contribution in [0, 0.1) is 0 Å². The van der Waals surface area contributed by atoms with Crippen LogP contribution in [0.15, 0.2) is 18.2 Å². The van der Waals surface area contributed by atoms with Crippen molar-refractivity contribution >= 4 is 11.9 Å². The van der Waals surface area contributed by atoms with E-state index in [9.17, 15) is 9.59 Å². The molecule has 1 amide bonds. The molecule has 0 bridgehead atoms. The molecule has 6 nitrogen and oxygen atoms in total. The quantitative estimate of drug-likeness (QED) is 0.809. The highest BCUT2D eigenvalue weighted by Gasteiger charge is 2.24. The van der Waals surface area contributed by atoms with Gasteiger partial charge in [0.2, 0.25) is 0 Å². The smallest absolute Gasteiger partial charge is 0.342 e. The third-order valence-corrected chi connectivity index (χ3v) is 4.23. The van der Waals surface area contributed by atoms with Crippen molar-refractivity contribution < 1.29 is 23.8 Å². The SMILES string of the molecule is COc1ccc(C(=O)O[C@@H](C)C(=O)NC2CCCCC2)c(OC)c1. The van der Waals surface area contributed by atoms with Crippen LogP contribution in [0.5, 0.6) is 11.5 Å². The summed E-state index contributed by atoms with van der Waals surface area (Å²) < 4.78 is 15.6. The first kappa shape index (κ1) is 18.1. The van der Waals surface area contributed by atoms with E-state index in [0.29, 0.717) is 11.5 Å². The molecule has 1 aliphatic rings. The van der Waals surface area contributed by atoms with Gasteiger partial charge in [-0.05, 0) is 31.9 Å². The number of amides is 1. The Morgan fingerprint density at radius 3 is 2.46 bits per heavy atom. The van der Waals surface area contributed by atoms with Gasteiger partial charge in [0.05, 0.1) is 14.2 Å². The Hall–Kier alpha value is -2.24. The molecule has 0 unspecified atom stereocenters. The summed E-state index contributed by atoms with van der Waals surface area (Å²) in [5.74, 6) is 0.0641. The molecule has 1 aliphatic carbocycles. The number of nitrogens with one attached hydrogen (secondary N) is 1. The number of benzene rings is 1. The van der Waals surface area contributed by atoms with Crippen LogP contribution in [-0.4, -0.2) is 38.2 Å². The minimum Gasteiger partial charge on any atom is -0.497 e. The van der Waals surface area contributed by atoms with E-state index in [4.69, 9.17) is 14.2 Å². The zero-order valence-electron chi connectivity index (χ0n) is 14.5. The van der Waals surface area contributed by atoms with E-state index in [2.05, 4.69) is 5.32 Å². The molecular formula is C18H25NO5. The van der Waals surface area contributed by atoms with E-state index in [1.807, 2.05) is 0 Å².